The number of fused-ring (bicyclic) bond motifs is 1. The molecule has 2 heterocycles. The molecule has 1 aromatic carbocycles. The molecule has 0 aromatic heterocycles. The number of nitrogens with zero attached hydrogens (tertiary/aromatic N) is 1. The molecule has 1 aromatic rings. The summed E-state index contributed by atoms with van der Waals surface area (Å²) < 4.78 is 16.2. The van der Waals surface area contributed by atoms with Crippen molar-refractivity contribution in [3.8, 4) is 11.5 Å². The van der Waals surface area contributed by atoms with Crippen molar-refractivity contribution in [3.05, 3.63) is 23.8 Å². The second-order valence-corrected chi connectivity index (χ2v) is 7.41. The van der Waals surface area contributed by atoms with Crippen molar-refractivity contribution in [2.24, 2.45) is 0 Å². The fraction of sp³-hybridized carbons (Fsp3) is 0.611. The van der Waals surface area contributed by atoms with E-state index in [0.717, 1.165) is 30.0 Å². The first kappa shape index (κ1) is 16.9. The first-order valence-electron chi connectivity index (χ1n) is 8.45. The lowest BCUT2D eigenvalue weighted by molar-refractivity contribution is 0.0290. The van der Waals surface area contributed by atoms with Crippen LogP contribution in [0.4, 0.5) is 4.79 Å². The Balaban J connectivity index is 1.54. The van der Waals surface area contributed by atoms with E-state index in [1.165, 1.54) is 0 Å². The van der Waals surface area contributed by atoms with Crippen molar-refractivity contribution in [2.75, 3.05) is 19.9 Å². The van der Waals surface area contributed by atoms with Crippen LogP contribution in [-0.2, 0) is 4.74 Å². The van der Waals surface area contributed by atoms with Gasteiger partial charge in [0.25, 0.3) is 0 Å². The van der Waals surface area contributed by atoms with E-state index in [-0.39, 0.29) is 25.0 Å². The van der Waals surface area contributed by atoms with Crippen molar-refractivity contribution in [3.63, 3.8) is 0 Å². The average molecular weight is 334 g/mol. The van der Waals surface area contributed by atoms with Gasteiger partial charge in [0.15, 0.2) is 11.5 Å². The van der Waals surface area contributed by atoms with E-state index >= 15 is 0 Å². The van der Waals surface area contributed by atoms with Gasteiger partial charge in [0, 0.05) is 25.2 Å². The summed E-state index contributed by atoms with van der Waals surface area (Å²) in [6.45, 7) is 9.46. The third-order valence-electron chi connectivity index (χ3n) is 4.22. The Labute approximate surface area is 143 Å². The molecule has 0 bridgehead atoms. The maximum atomic E-state index is 12.1. The summed E-state index contributed by atoms with van der Waals surface area (Å²) in [7, 11) is 0. The van der Waals surface area contributed by atoms with Crippen LogP contribution >= 0.6 is 0 Å². The highest BCUT2D eigenvalue weighted by Gasteiger charge is 2.30. The smallest absolute Gasteiger partial charge is 0.410 e. The van der Waals surface area contributed by atoms with Gasteiger partial charge in [-0.3, -0.25) is 0 Å². The molecule has 0 spiro atoms. The van der Waals surface area contributed by atoms with Gasteiger partial charge in [0.2, 0.25) is 6.79 Å². The molecular formula is C18H26N2O4. The maximum absolute atomic E-state index is 12.1. The molecule has 0 aliphatic carbocycles. The molecule has 1 N–H and O–H groups in total. The number of nitrogens with one attached hydrogen (secondary N) is 1. The van der Waals surface area contributed by atoms with Crippen molar-refractivity contribution in [1.82, 2.24) is 10.2 Å². The molecular weight excluding hydrogens is 308 g/mol. The Morgan fingerprint density at radius 3 is 2.83 bits per heavy atom. The lowest BCUT2D eigenvalue weighted by atomic mass is 10.1. The SMILES string of the molecule is CC(NC1CCN(C(=O)OC(C)(C)C)C1)c1ccc2c(c1)OCO2. The van der Waals surface area contributed by atoms with Crippen LogP contribution in [0.25, 0.3) is 0 Å². The number of amides is 1. The zero-order valence-electron chi connectivity index (χ0n) is 14.8. The number of ether oxygens (including phenoxy) is 3. The molecule has 2 unspecified atom stereocenters. The van der Waals surface area contributed by atoms with Crippen molar-refractivity contribution in [2.45, 2.75) is 51.8 Å². The molecule has 1 fully saturated rings. The molecule has 132 valence electrons. The van der Waals surface area contributed by atoms with Crippen LogP contribution in [0.2, 0.25) is 0 Å². The van der Waals surface area contributed by atoms with Gasteiger partial charge in [-0.2, -0.15) is 0 Å². The minimum atomic E-state index is -0.456. The van der Waals surface area contributed by atoms with Crippen molar-refractivity contribution in [1.29, 1.82) is 0 Å². The Morgan fingerprint density at radius 2 is 2.08 bits per heavy atom. The quantitative estimate of drug-likeness (QED) is 0.920. The van der Waals surface area contributed by atoms with Crippen LogP contribution in [0.15, 0.2) is 18.2 Å². The second-order valence-electron chi connectivity index (χ2n) is 7.41. The summed E-state index contributed by atoms with van der Waals surface area (Å²) in [6.07, 6.45) is 0.691. The Bertz CT molecular complexity index is 612. The van der Waals surface area contributed by atoms with Gasteiger partial charge < -0.3 is 24.4 Å². The lowest BCUT2D eigenvalue weighted by Gasteiger charge is -2.25. The number of carbonyl (C=O) groups is 1. The Kier molecular flexibility index (Phi) is 4.58. The Morgan fingerprint density at radius 1 is 1.33 bits per heavy atom. The molecule has 2 aliphatic rings. The summed E-state index contributed by atoms with van der Waals surface area (Å²) >= 11 is 0. The van der Waals surface area contributed by atoms with E-state index < -0.39 is 5.60 Å². The highest BCUT2D eigenvalue weighted by Crippen LogP contribution is 2.34. The third-order valence-corrected chi connectivity index (χ3v) is 4.22. The van der Waals surface area contributed by atoms with E-state index in [4.69, 9.17) is 14.2 Å². The minimum absolute atomic E-state index is 0.170. The zero-order valence-corrected chi connectivity index (χ0v) is 14.8. The lowest BCUT2D eigenvalue weighted by Crippen LogP contribution is -2.39. The van der Waals surface area contributed by atoms with Crippen LogP contribution in [0.1, 0.15) is 45.7 Å². The molecule has 1 saturated heterocycles. The zero-order chi connectivity index (χ0) is 17.3. The van der Waals surface area contributed by atoms with E-state index in [1.54, 1.807) is 4.90 Å². The van der Waals surface area contributed by atoms with Crippen LogP contribution in [0.3, 0.4) is 0 Å². The standard InChI is InChI=1S/C18H26N2O4/c1-12(13-5-6-15-16(9-13)23-11-22-15)19-14-7-8-20(10-14)17(21)24-18(2,3)4/h5-6,9,12,14,19H,7-8,10-11H2,1-4H3. The van der Waals surface area contributed by atoms with Gasteiger partial charge in [-0.25, -0.2) is 4.79 Å². The number of benzene rings is 1. The number of likely N-dealkylation sites (tertiary alicyclic amines) is 1. The summed E-state index contributed by atoms with van der Waals surface area (Å²) in [5, 5.41) is 3.59. The maximum Gasteiger partial charge on any atom is 0.410 e. The van der Waals surface area contributed by atoms with Crippen LogP contribution < -0.4 is 14.8 Å². The first-order valence-corrected chi connectivity index (χ1v) is 8.45. The fourth-order valence-electron chi connectivity index (χ4n) is 3.02. The first-order chi connectivity index (χ1) is 11.3. The van der Waals surface area contributed by atoms with E-state index in [9.17, 15) is 4.79 Å². The number of hydrogen-bond acceptors (Lipinski definition) is 5. The normalized spacial score (nSPS) is 21.0. The summed E-state index contributed by atoms with van der Waals surface area (Å²) in [5.74, 6) is 1.59. The van der Waals surface area contributed by atoms with Gasteiger partial charge in [-0.05, 0) is 51.8 Å². The van der Waals surface area contributed by atoms with Crippen LogP contribution in [0, 0.1) is 0 Å². The fourth-order valence-corrected chi connectivity index (χ4v) is 3.02. The topological polar surface area (TPSA) is 60.0 Å². The second kappa shape index (κ2) is 6.51. The van der Waals surface area contributed by atoms with Crippen LogP contribution in [-0.4, -0.2) is 42.5 Å². The largest absolute Gasteiger partial charge is 0.454 e. The van der Waals surface area contributed by atoms with E-state index in [1.807, 2.05) is 39.0 Å². The number of carbonyl (C=O) groups excluding carboxylic acids is 1. The molecule has 3 rings (SSSR count). The monoisotopic (exact) mass is 334 g/mol. The molecule has 2 atom stereocenters. The van der Waals surface area contributed by atoms with Gasteiger partial charge in [-0.1, -0.05) is 6.07 Å². The van der Waals surface area contributed by atoms with Crippen molar-refractivity contribution >= 4 is 6.09 Å². The summed E-state index contributed by atoms with van der Waals surface area (Å²) in [5.41, 5.74) is 0.692. The van der Waals surface area contributed by atoms with Gasteiger partial charge >= 0.3 is 6.09 Å². The van der Waals surface area contributed by atoms with Crippen LogP contribution in [0.5, 0.6) is 11.5 Å². The summed E-state index contributed by atoms with van der Waals surface area (Å²) in [6, 6.07) is 6.44. The highest BCUT2D eigenvalue weighted by atomic mass is 16.7. The molecule has 6 nitrogen and oxygen atoms in total. The average Bonchev–Trinajstić information content (AvgIpc) is 3.13. The van der Waals surface area contributed by atoms with Gasteiger partial charge in [-0.15, -0.1) is 0 Å². The van der Waals surface area contributed by atoms with E-state index in [0.29, 0.717) is 6.54 Å². The van der Waals surface area contributed by atoms with E-state index in [2.05, 4.69) is 12.2 Å². The molecule has 1 amide bonds. The number of rotatable bonds is 3. The molecule has 6 heteroatoms. The minimum Gasteiger partial charge on any atom is -0.454 e. The molecule has 0 saturated carbocycles. The van der Waals surface area contributed by atoms with Gasteiger partial charge in [0.05, 0.1) is 0 Å². The third kappa shape index (κ3) is 3.93. The molecule has 0 radical (unpaired) electrons. The number of hydrogen-bond donors (Lipinski definition) is 1. The molecule has 24 heavy (non-hydrogen) atoms. The molecule has 2 aliphatic heterocycles. The predicted octanol–water partition coefficient (Wildman–Crippen LogP) is 3.08. The van der Waals surface area contributed by atoms with Crippen molar-refractivity contribution < 1.29 is 19.0 Å². The highest BCUT2D eigenvalue weighted by molar-refractivity contribution is 5.68. The van der Waals surface area contributed by atoms with Gasteiger partial charge in [0.1, 0.15) is 5.60 Å². The predicted molar refractivity (Wildman–Crippen MR) is 90.3 cm³/mol. The Hall–Kier alpha value is -1.95. The summed E-state index contributed by atoms with van der Waals surface area (Å²) in [4.78, 5) is 13.9.